The number of amides is 2. The Labute approximate surface area is 195 Å². The fourth-order valence-corrected chi connectivity index (χ4v) is 3.10. The molecule has 8 heteroatoms. The zero-order valence-corrected chi connectivity index (χ0v) is 20.2. The summed E-state index contributed by atoms with van der Waals surface area (Å²) in [6, 6.07) is 11.8. The average Bonchev–Trinajstić information content (AvgIpc) is 2.83. The summed E-state index contributed by atoms with van der Waals surface area (Å²) in [5.41, 5.74) is 0.842. The number of methoxy groups -OCH3 is 3. The third kappa shape index (κ3) is 7.89. The van der Waals surface area contributed by atoms with Gasteiger partial charge in [-0.25, -0.2) is 0 Å². The Morgan fingerprint density at radius 3 is 2.06 bits per heavy atom. The Balaban J connectivity index is 2.20. The summed E-state index contributed by atoms with van der Waals surface area (Å²) in [7, 11) is 4.66. The van der Waals surface area contributed by atoms with Crippen LogP contribution >= 0.6 is 0 Å². The first-order valence-electron chi connectivity index (χ1n) is 10.8. The van der Waals surface area contributed by atoms with E-state index in [1.165, 1.54) is 19.1 Å². The second-order valence-electron chi connectivity index (χ2n) is 8.03. The van der Waals surface area contributed by atoms with Crippen LogP contribution in [0, 0.1) is 5.92 Å². The average molecular weight is 459 g/mol. The van der Waals surface area contributed by atoms with Crippen LogP contribution in [-0.4, -0.2) is 57.2 Å². The SMILES string of the molecule is COc1cccc(CN(C(=O)COc2cc(OC)cc(OC)c2)[C@H](C)C(=O)NCC(C)C)c1. The van der Waals surface area contributed by atoms with Crippen LogP contribution < -0.4 is 24.3 Å². The zero-order chi connectivity index (χ0) is 24.4. The molecule has 2 rings (SSSR count). The van der Waals surface area contributed by atoms with Crippen molar-refractivity contribution in [1.82, 2.24) is 10.2 Å². The second kappa shape index (κ2) is 12.6. The molecular weight excluding hydrogens is 424 g/mol. The van der Waals surface area contributed by atoms with Crippen LogP contribution in [0.25, 0.3) is 0 Å². The van der Waals surface area contributed by atoms with Gasteiger partial charge in [-0.3, -0.25) is 9.59 Å². The van der Waals surface area contributed by atoms with Gasteiger partial charge in [-0.05, 0) is 30.5 Å². The predicted octanol–water partition coefficient (Wildman–Crippen LogP) is 3.28. The quantitative estimate of drug-likeness (QED) is 0.525. The van der Waals surface area contributed by atoms with Crippen LogP contribution in [0.3, 0.4) is 0 Å². The van der Waals surface area contributed by atoms with Crippen LogP contribution in [0.4, 0.5) is 0 Å². The molecule has 0 spiro atoms. The molecule has 0 saturated heterocycles. The van der Waals surface area contributed by atoms with Crippen LogP contribution in [0.5, 0.6) is 23.0 Å². The Morgan fingerprint density at radius 1 is 0.879 bits per heavy atom. The molecule has 1 N–H and O–H groups in total. The highest BCUT2D eigenvalue weighted by atomic mass is 16.5. The van der Waals surface area contributed by atoms with E-state index in [9.17, 15) is 9.59 Å². The van der Waals surface area contributed by atoms with Crippen molar-refractivity contribution in [2.45, 2.75) is 33.4 Å². The topological polar surface area (TPSA) is 86.3 Å². The third-order valence-corrected chi connectivity index (χ3v) is 5.03. The highest BCUT2D eigenvalue weighted by Gasteiger charge is 2.26. The number of hydrogen-bond acceptors (Lipinski definition) is 6. The first-order valence-corrected chi connectivity index (χ1v) is 10.8. The molecular formula is C25H34N2O6. The molecule has 33 heavy (non-hydrogen) atoms. The van der Waals surface area contributed by atoms with Gasteiger partial charge in [0.15, 0.2) is 6.61 Å². The molecule has 0 aliphatic heterocycles. The predicted molar refractivity (Wildman–Crippen MR) is 126 cm³/mol. The van der Waals surface area contributed by atoms with Crippen LogP contribution in [0.1, 0.15) is 26.3 Å². The van der Waals surface area contributed by atoms with Crippen LogP contribution in [0.2, 0.25) is 0 Å². The maximum Gasteiger partial charge on any atom is 0.261 e. The van der Waals surface area contributed by atoms with Gasteiger partial charge < -0.3 is 29.2 Å². The molecule has 8 nitrogen and oxygen atoms in total. The molecule has 2 amide bonds. The van der Waals surface area contributed by atoms with Gasteiger partial charge in [-0.1, -0.05) is 26.0 Å². The van der Waals surface area contributed by atoms with Crippen molar-refractivity contribution in [3.63, 3.8) is 0 Å². The van der Waals surface area contributed by atoms with Gasteiger partial charge in [-0.2, -0.15) is 0 Å². The number of nitrogens with zero attached hydrogens (tertiary/aromatic N) is 1. The molecule has 1 atom stereocenters. The van der Waals surface area contributed by atoms with E-state index >= 15 is 0 Å². The standard InChI is InChI=1S/C25H34N2O6/c1-17(2)14-26-25(29)18(3)27(15-19-8-7-9-20(10-19)30-4)24(28)16-33-23-12-21(31-5)11-22(13-23)32-6/h7-13,17-18H,14-16H2,1-6H3,(H,26,29)/t18-/m1/s1. The van der Waals surface area contributed by atoms with E-state index in [0.717, 1.165) is 5.56 Å². The monoisotopic (exact) mass is 458 g/mol. The maximum absolute atomic E-state index is 13.2. The van der Waals surface area contributed by atoms with Crippen molar-refractivity contribution in [1.29, 1.82) is 0 Å². The maximum atomic E-state index is 13.2. The normalized spacial score (nSPS) is 11.5. The number of carbonyl (C=O) groups excluding carboxylic acids is 2. The lowest BCUT2D eigenvalue weighted by Gasteiger charge is -2.29. The van der Waals surface area contributed by atoms with Gasteiger partial charge in [0.25, 0.3) is 5.91 Å². The first-order chi connectivity index (χ1) is 15.8. The van der Waals surface area contributed by atoms with Crippen molar-refractivity contribution in [2.75, 3.05) is 34.5 Å². The van der Waals surface area contributed by atoms with Crippen LogP contribution in [0.15, 0.2) is 42.5 Å². The van der Waals surface area contributed by atoms with Gasteiger partial charge in [0.2, 0.25) is 5.91 Å². The minimum absolute atomic E-state index is 0.219. The Kier molecular flexibility index (Phi) is 9.84. The van der Waals surface area contributed by atoms with Gasteiger partial charge in [0, 0.05) is 31.3 Å². The van der Waals surface area contributed by atoms with E-state index in [0.29, 0.717) is 35.5 Å². The van der Waals surface area contributed by atoms with Gasteiger partial charge in [0.05, 0.1) is 21.3 Å². The van der Waals surface area contributed by atoms with Crippen molar-refractivity contribution in [3.05, 3.63) is 48.0 Å². The van der Waals surface area contributed by atoms with Gasteiger partial charge in [-0.15, -0.1) is 0 Å². The molecule has 180 valence electrons. The Hall–Kier alpha value is -3.42. The molecule has 2 aromatic rings. The van der Waals surface area contributed by atoms with E-state index in [4.69, 9.17) is 18.9 Å². The number of hydrogen-bond donors (Lipinski definition) is 1. The third-order valence-electron chi connectivity index (χ3n) is 5.03. The van der Waals surface area contributed by atoms with E-state index in [1.807, 2.05) is 38.1 Å². The molecule has 0 unspecified atom stereocenters. The lowest BCUT2D eigenvalue weighted by molar-refractivity contribution is -0.142. The summed E-state index contributed by atoms with van der Waals surface area (Å²) in [4.78, 5) is 27.4. The summed E-state index contributed by atoms with van der Waals surface area (Å²) < 4.78 is 21.5. The second-order valence-corrected chi connectivity index (χ2v) is 8.03. The number of benzene rings is 2. The molecule has 0 aliphatic carbocycles. The molecule has 0 saturated carbocycles. The lowest BCUT2D eigenvalue weighted by Crippen LogP contribution is -2.49. The summed E-state index contributed by atoms with van der Waals surface area (Å²) in [5, 5.41) is 2.90. The fraction of sp³-hybridized carbons (Fsp3) is 0.440. The highest BCUT2D eigenvalue weighted by molar-refractivity contribution is 5.88. The van der Waals surface area contributed by atoms with Crippen molar-refractivity contribution < 1.29 is 28.5 Å². The molecule has 0 heterocycles. The van der Waals surface area contributed by atoms with Gasteiger partial charge in [0.1, 0.15) is 29.0 Å². The molecule has 0 bridgehead atoms. The van der Waals surface area contributed by atoms with E-state index in [1.54, 1.807) is 32.2 Å². The Bertz CT molecular complexity index is 909. The summed E-state index contributed by atoms with van der Waals surface area (Å²) in [6.45, 7) is 6.26. The Morgan fingerprint density at radius 2 is 1.48 bits per heavy atom. The van der Waals surface area contributed by atoms with Crippen molar-refractivity contribution >= 4 is 11.8 Å². The first kappa shape index (κ1) is 25.8. The van der Waals surface area contributed by atoms with E-state index in [-0.39, 0.29) is 25.0 Å². The largest absolute Gasteiger partial charge is 0.497 e. The molecule has 0 aromatic heterocycles. The highest BCUT2D eigenvalue weighted by Crippen LogP contribution is 2.27. The fourth-order valence-electron chi connectivity index (χ4n) is 3.10. The smallest absolute Gasteiger partial charge is 0.261 e. The number of rotatable bonds is 12. The summed E-state index contributed by atoms with van der Waals surface area (Å²) in [6.07, 6.45) is 0. The molecule has 2 aromatic carbocycles. The minimum Gasteiger partial charge on any atom is -0.497 e. The van der Waals surface area contributed by atoms with E-state index < -0.39 is 6.04 Å². The van der Waals surface area contributed by atoms with E-state index in [2.05, 4.69) is 5.32 Å². The van der Waals surface area contributed by atoms with Crippen molar-refractivity contribution in [2.24, 2.45) is 5.92 Å². The summed E-state index contributed by atoms with van der Waals surface area (Å²) >= 11 is 0. The molecule has 0 fully saturated rings. The number of carbonyl (C=O) groups is 2. The molecule has 0 aliphatic rings. The molecule has 0 radical (unpaired) electrons. The number of ether oxygens (including phenoxy) is 4. The van der Waals surface area contributed by atoms with Crippen molar-refractivity contribution in [3.8, 4) is 23.0 Å². The van der Waals surface area contributed by atoms with Gasteiger partial charge >= 0.3 is 0 Å². The zero-order valence-electron chi connectivity index (χ0n) is 20.2. The number of nitrogens with one attached hydrogen (secondary N) is 1. The van der Waals surface area contributed by atoms with Crippen LogP contribution in [-0.2, 0) is 16.1 Å². The minimum atomic E-state index is -0.689. The lowest BCUT2D eigenvalue weighted by atomic mass is 10.1. The summed E-state index contributed by atoms with van der Waals surface area (Å²) in [5.74, 6) is 1.96.